The largest absolute Gasteiger partial charge is 0.493 e. The van der Waals surface area contributed by atoms with Gasteiger partial charge >= 0.3 is 0 Å². The average Bonchev–Trinajstić information content (AvgIpc) is 3.30. The first-order valence-electron chi connectivity index (χ1n) is 9.94. The molecule has 1 heterocycles. The first-order chi connectivity index (χ1) is 15.1. The molecule has 8 heteroatoms. The number of hydrogen-bond acceptors (Lipinski definition) is 6. The van der Waals surface area contributed by atoms with E-state index in [9.17, 15) is 4.79 Å². The molecule has 1 amide bonds. The maximum atomic E-state index is 12.3. The van der Waals surface area contributed by atoms with Gasteiger partial charge in [-0.05, 0) is 61.0 Å². The highest BCUT2D eigenvalue weighted by Gasteiger charge is 2.17. The van der Waals surface area contributed by atoms with Crippen LogP contribution in [-0.2, 0) is 9.53 Å². The summed E-state index contributed by atoms with van der Waals surface area (Å²) in [4.78, 5) is 12.3. The molecule has 7 nitrogen and oxygen atoms in total. The van der Waals surface area contributed by atoms with E-state index in [-0.39, 0.29) is 17.1 Å². The van der Waals surface area contributed by atoms with E-state index < -0.39 is 0 Å². The molecule has 2 N–H and O–H groups in total. The summed E-state index contributed by atoms with van der Waals surface area (Å²) in [5.41, 5.74) is 1.47. The van der Waals surface area contributed by atoms with E-state index in [0.717, 1.165) is 25.0 Å². The van der Waals surface area contributed by atoms with Crippen LogP contribution in [0.25, 0.3) is 6.08 Å². The SMILES string of the molecule is COc1ccc(/C=C/C(=O)NC(=S)Nc2ccccc2OCC2CCCO2)cc1OC. The molecule has 1 aliphatic rings. The summed E-state index contributed by atoms with van der Waals surface area (Å²) in [5.74, 6) is 1.50. The molecule has 0 radical (unpaired) electrons. The summed E-state index contributed by atoms with van der Waals surface area (Å²) < 4.78 is 21.9. The highest BCUT2D eigenvalue weighted by molar-refractivity contribution is 7.80. The Labute approximate surface area is 187 Å². The Morgan fingerprint density at radius 1 is 1.16 bits per heavy atom. The number of thiocarbonyl (C=S) groups is 1. The fraction of sp³-hybridized carbons (Fsp3) is 0.304. The van der Waals surface area contributed by atoms with Crippen molar-refractivity contribution in [1.29, 1.82) is 0 Å². The second-order valence-electron chi connectivity index (χ2n) is 6.83. The van der Waals surface area contributed by atoms with Gasteiger partial charge in [0, 0.05) is 12.7 Å². The second kappa shape index (κ2) is 11.3. The lowest BCUT2D eigenvalue weighted by Gasteiger charge is -2.16. The molecule has 1 aliphatic heterocycles. The number of hydrogen-bond donors (Lipinski definition) is 2. The average molecular weight is 443 g/mol. The van der Waals surface area contributed by atoms with Crippen LogP contribution in [-0.4, -0.2) is 44.6 Å². The van der Waals surface area contributed by atoms with E-state index in [2.05, 4.69) is 10.6 Å². The molecule has 164 valence electrons. The van der Waals surface area contributed by atoms with Crippen molar-refractivity contribution in [2.75, 3.05) is 32.8 Å². The van der Waals surface area contributed by atoms with Crippen LogP contribution in [0.2, 0.25) is 0 Å². The number of amides is 1. The molecule has 31 heavy (non-hydrogen) atoms. The number of methoxy groups -OCH3 is 2. The lowest BCUT2D eigenvalue weighted by Crippen LogP contribution is -2.33. The number of anilines is 1. The lowest BCUT2D eigenvalue weighted by atomic mass is 10.2. The van der Waals surface area contributed by atoms with Crippen LogP contribution in [0.15, 0.2) is 48.5 Å². The third-order valence-electron chi connectivity index (χ3n) is 4.66. The van der Waals surface area contributed by atoms with Gasteiger partial charge in [-0.3, -0.25) is 10.1 Å². The van der Waals surface area contributed by atoms with Gasteiger partial charge in [-0.1, -0.05) is 18.2 Å². The van der Waals surface area contributed by atoms with E-state index in [1.807, 2.05) is 30.3 Å². The minimum atomic E-state index is -0.356. The molecular weight excluding hydrogens is 416 g/mol. The topological polar surface area (TPSA) is 78.1 Å². The molecule has 0 aliphatic carbocycles. The summed E-state index contributed by atoms with van der Waals surface area (Å²) >= 11 is 5.27. The van der Waals surface area contributed by atoms with Crippen LogP contribution in [0, 0.1) is 0 Å². The van der Waals surface area contributed by atoms with Gasteiger partial charge in [0.2, 0.25) is 5.91 Å². The van der Waals surface area contributed by atoms with Crippen molar-refractivity contribution in [3.63, 3.8) is 0 Å². The van der Waals surface area contributed by atoms with Gasteiger partial charge in [0.15, 0.2) is 16.6 Å². The standard InChI is InChI=1S/C23H26N2O5S/c1-27-20-11-9-16(14-21(20)28-2)10-12-22(26)25-23(31)24-18-7-3-4-8-19(18)30-15-17-6-5-13-29-17/h3-4,7-12,14,17H,5-6,13,15H2,1-2H3,(H2,24,25,26,31)/b12-10+. The van der Waals surface area contributed by atoms with Crippen molar-refractivity contribution in [3.8, 4) is 17.2 Å². The van der Waals surface area contributed by atoms with Crippen molar-refractivity contribution in [2.24, 2.45) is 0 Å². The number of ether oxygens (including phenoxy) is 4. The quantitative estimate of drug-likeness (QED) is 0.476. The highest BCUT2D eigenvalue weighted by Crippen LogP contribution is 2.28. The minimum Gasteiger partial charge on any atom is -0.493 e. The number of carbonyl (C=O) groups excluding carboxylic acids is 1. The van der Waals surface area contributed by atoms with Crippen LogP contribution in [0.1, 0.15) is 18.4 Å². The smallest absolute Gasteiger partial charge is 0.250 e. The van der Waals surface area contributed by atoms with Crippen molar-refractivity contribution in [3.05, 3.63) is 54.1 Å². The Bertz CT molecular complexity index is 941. The third-order valence-corrected chi connectivity index (χ3v) is 4.86. The Morgan fingerprint density at radius 2 is 1.97 bits per heavy atom. The molecule has 0 aromatic heterocycles. The van der Waals surface area contributed by atoms with Crippen molar-refractivity contribution in [2.45, 2.75) is 18.9 Å². The van der Waals surface area contributed by atoms with Crippen molar-refractivity contribution < 1.29 is 23.7 Å². The second-order valence-corrected chi connectivity index (χ2v) is 7.24. The molecule has 0 saturated carbocycles. The Morgan fingerprint density at radius 3 is 2.71 bits per heavy atom. The maximum Gasteiger partial charge on any atom is 0.250 e. The Kier molecular flexibility index (Phi) is 8.26. The van der Waals surface area contributed by atoms with Gasteiger partial charge in [0.25, 0.3) is 0 Å². The number of carbonyl (C=O) groups is 1. The normalized spacial score (nSPS) is 15.5. The number of nitrogens with one attached hydrogen (secondary N) is 2. The molecule has 3 rings (SSSR count). The molecule has 0 bridgehead atoms. The highest BCUT2D eigenvalue weighted by atomic mass is 32.1. The maximum absolute atomic E-state index is 12.3. The predicted molar refractivity (Wildman–Crippen MR) is 124 cm³/mol. The van der Waals surface area contributed by atoms with Gasteiger partial charge in [0.05, 0.1) is 26.0 Å². The lowest BCUT2D eigenvalue weighted by molar-refractivity contribution is -0.115. The van der Waals surface area contributed by atoms with Crippen molar-refractivity contribution >= 4 is 35.0 Å². The molecule has 2 aromatic carbocycles. The van der Waals surface area contributed by atoms with Crippen LogP contribution in [0.4, 0.5) is 5.69 Å². The molecule has 1 atom stereocenters. The van der Waals surface area contributed by atoms with Crippen LogP contribution < -0.4 is 24.8 Å². The van der Waals surface area contributed by atoms with E-state index in [0.29, 0.717) is 29.5 Å². The van der Waals surface area contributed by atoms with E-state index >= 15 is 0 Å². The van der Waals surface area contributed by atoms with Crippen LogP contribution in [0.3, 0.4) is 0 Å². The van der Waals surface area contributed by atoms with E-state index in [4.69, 9.17) is 31.2 Å². The molecule has 1 unspecified atom stereocenters. The van der Waals surface area contributed by atoms with Gasteiger partial charge in [-0.2, -0.15) is 0 Å². The van der Waals surface area contributed by atoms with Gasteiger partial charge in [0.1, 0.15) is 12.4 Å². The predicted octanol–water partition coefficient (Wildman–Crippen LogP) is 3.79. The first-order valence-corrected chi connectivity index (χ1v) is 10.4. The Balaban J connectivity index is 1.54. The zero-order valence-electron chi connectivity index (χ0n) is 17.6. The fourth-order valence-electron chi connectivity index (χ4n) is 3.09. The summed E-state index contributed by atoms with van der Waals surface area (Å²) in [5, 5.41) is 5.82. The monoisotopic (exact) mass is 442 g/mol. The zero-order valence-corrected chi connectivity index (χ0v) is 18.4. The molecular formula is C23H26N2O5S. The minimum absolute atomic E-state index is 0.112. The van der Waals surface area contributed by atoms with E-state index in [1.165, 1.54) is 6.08 Å². The van der Waals surface area contributed by atoms with Gasteiger partial charge in [-0.25, -0.2) is 0 Å². The summed E-state index contributed by atoms with van der Waals surface area (Å²) in [7, 11) is 3.13. The van der Waals surface area contributed by atoms with Crippen LogP contribution >= 0.6 is 12.2 Å². The molecule has 1 fully saturated rings. The van der Waals surface area contributed by atoms with Gasteiger partial charge in [-0.15, -0.1) is 0 Å². The number of para-hydroxylation sites is 2. The zero-order chi connectivity index (χ0) is 22.1. The molecule has 2 aromatic rings. The molecule has 0 spiro atoms. The number of benzene rings is 2. The summed E-state index contributed by atoms with van der Waals surface area (Å²) in [6, 6.07) is 12.8. The van der Waals surface area contributed by atoms with E-state index in [1.54, 1.807) is 32.4 Å². The summed E-state index contributed by atoms with van der Waals surface area (Å²) in [6.07, 6.45) is 5.23. The van der Waals surface area contributed by atoms with Crippen molar-refractivity contribution in [1.82, 2.24) is 5.32 Å². The third kappa shape index (κ3) is 6.70. The van der Waals surface area contributed by atoms with Crippen LogP contribution in [0.5, 0.6) is 17.2 Å². The first kappa shape index (κ1) is 22.6. The number of rotatable bonds is 8. The van der Waals surface area contributed by atoms with Gasteiger partial charge < -0.3 is 24.3 Å². The Hall–Kier alpha value is -3.10. The fourth-order valence-corrected chi connectivity index (χ4v) is 3.30. The molecule has 1 saturated heterocycles. The summed E-state index contributed by atoms with van der Waals surface area (Å²) in [6.45, 7) is 1.26.